The van der Waals surface area contributed by atoms with Gasteiger partial charge in [0, 0.05) is 31.4 Å². The van der Waals surface area contributed by atoms with E-state index in [2.05, 4.69) is 15.2 Å². The molecule has 0 fully saturated rings. The number of benzene rings is 2. The Labute approximate surface area is 254 Å². The van der Waals surface area contributed by atoms with Gasteiger partial charge in [0.25, 0.3) is 0 Å². The second-order valence-electron chi connectivity index (χ2n) is 10.5. The molecule has 2 heterocycles. The van der Waals surface area contributed by atoms with Crippen LogP contribution in [0.15, 0.2) is 79.0 Å². The van der Waals surface area contributed by atoms with Gasteiger partial charge in [-0.15, -0.1) is 0 Å². The molecule has 1 N–H and O–H groups in total. The number of amides is 1. The Morgan fingerprint density at radius 1 is 1.00 bits per heavy atom. The first-order valence-electron chi connectivity index (χ1n) is 14.7. The average Bonchev–Trinajstić information content (AvgIpc) is 3.38. The zero-order valence-electron chi connectivity index (χ0n) is 24.8. The van der Waals surface area contributed by atoms with Crippen LogP contribution >= 0.6 is 0 Å². The maximum atomic E-state index is 14.4. The van der Waals surface area contributed by atoms with Crippen LogP contribution in [-0.4, -0.2) is 52.4 Å². The summed E-state index contributed by atoms with van der Waals surface area (Å²) in [4.78, 5) is 18.0. The van der Waals surface area contributed by atoms with E-state index in [-0.39, 0.29) is 16.9 Å². The average molecular weight is 609 g/mol. The number of allylic oxidation sites excluding steroid dienone is 2. The van der Waals surface area contributed by atoms with Gasteiger partial charge in [-0.1, -0.05) is 49.4 Å². The molecule has 0 aliphatic rings. The third-order valence-electron chi connectivity index (χ3n) is 7.08. The van der Waals surface area contributed by atoms with E-state index >= 15 is 0 Å². The number of carbonyl (C=O) groups is 1. The van der Waals surface area contributed by atoms with Crippen molar-refractivity contribution in [3.63, 3.8) is 0 Å². The Hall–Kier alpha value is -4.47. The second-order valence-corrected chi connectivity index (χ2v) is 10.5. The molecule has 0 saturated carbocycles. The molecule has 232 valence electrons. The first-order chi connectivity index (χ1) is 21.2. The lowest BCUT2D eigenvalue weighted by Gasteiger charge is -2.19. The minimum atomic E-state index is -4.49. The van der Waals surface area contributed by atoms with Crippen molar-refractivity contribution in [1.82, 2.24) is 20.1 Å². The SMILES string of the molecule is CCCN(C)C(=O)/C=C/CCCCCOc1ccc(/C(=C(/CC(F)(F)F)c2ccccc2)c2ccc3n[nH]c(F)c3c2)cn1. The van der Waals surface area contributed by atoms with Crippen LogP contribution in [0, 0.1) is 5.95 Å². The summed E-state index contributed by atoms with van der Waals surface area (Å²) in [6, 6.07) is 16.4. The lowest BCUT2D eigenvalue weighted by molar-refractivity contribution is -0.125. The maximum absolute atomic E-state index is 14.4. The lowest BCUT2D eigenvalue weighted by atomic mass is 9.88. The molecule has 0 aliphatic carbocycles. The Morgan fingerprint density at radius 2 is 1.77 bits per heavy atom. The highest BCUT2D eigenvalue weighted by Gasteiger charge is 2.31. The number of hydrogen-bond donors (Lipinski definition) is 1. The predicted octanol–water partition coefficient (Wildman–Crippen LogP) is 8.37. The number of rotatable bonds is 14. The molecule has 10 heteroatoms. The standard InChI is InChI=1S/C34H36F4N4O2/c1-3-19-42(2)31(43)14-10-5-4-6-11-20-44-30-18-16-26(23-39-30)32(25-15-17-29-27(21-25)33(35)41-40-29)28(22-34(36,37)38)24-12-8-7-9-13-24/h7-10,12-18,21,23H,3-6,11,19-20,22H2,1-2H3,(H,40,41)/b14-10+,32-28-. The van der Waals surface area contributed by atoms with Crippen molar-refractivity contribution in [1.29, 1.82) is 0 Å². The number of halogens is 4. The lowest BCUT2D eigenvalue weighted by Crippen LogP contribution is -2.25. The molecule has 44 heavy (non-hydrogen) atoms. The van der Waals surface area contributed by atoms with Gasteiger partial charge < -0.3 is 9.64 Å². The number of unbranched alkanes of at least 4 members (excludes halogenated alkanes) is 3. The molecule has 0 atom stereocenters. The third kappa shape index (κ3) is 9.02. The van der Waals surface area contributed by atoms with Crippen LogP contribution < -0.4 is 4.74 Å². The van der Waals surface area contributed by atoms with Crippen molar-refractivity contribution in [2.45, 2.75) is 51.6 Å². The summed E-state index contributed by atoms with van der Waals surface area (Å²) in [5.74, 6) is -0.304. The zero-order chi connectivity index (χ0) is 31.5. The van der Waals surface area contributed by atoms with E-state index in [1.165, 1.54) is 12.3 Å². The Bertz CT molecular complexity index is 1580. The van der Waals surface area contributed by atoms with E-state index < -0.39 is 18.5 Å². The number of pyridine rings is 1. The van der Waals surface area contributed by atoms with E-state index in [1.807, 2.05) is 13.0 Å². The van der Waals surface area contributed by atoms with Crippen LogP contribution in [0.3, 0.4) is 0 Å². The van der Waals surface area contributed by atoms with Gasteiger partial charge in [0.1, 0.15) is 0 Å². The zero-order valence-corrected chi connectivity index (χ0v) is 24.8. The van der Waals surface area contributed by atoms with Crippen molar-refractivity contribution in [2.24, 2.45) is 0 Å². The van der Waals surface area contributed by atoms with Gasteiger partial charge in [-0.05, 0) is 78.7 Å². The molecule has 0 saturated heterocycles. The quantitative estimate of drug-likeness (QED) is 0.0676. The number of hydrogen-bond acceptors (Lipinski definition) is 4. The van der Waals surface area contributed by atoms with Crippen LogP contribution in [0.2, 0.25) is 0 Å². The second kappa shape index (κ2) is 15.3. The fraction of sp³-hybridized carbons (Fsp3) is 0.324. The van der Waals surface area contributed by atoms with Gasteiger partial charge in [0.05, 0.1) is 23.9 Å². The Kier molecular flexibility index (Phi) is 11.3. The summed E-state index contributed by atoms with van der Waals surface area (Å²) < 4.78 is 61.9. The molecule has 6 nitrogen and oxygen atoms in total. The largest absolute Gasteiger partial charge is 0.478 e. The summed E-state index contributed by atoms with van der Waals surface area (Å²) >= 11 is 0. The summed E-state index contributed by atoms with van der Waals surface area (Å²) in [5.41, 5.74) is 1.96. The summed E-state index contributed by atoms with van der Waals surface area (Å²) in [6.45, 7) is 3.19. The minimum absolute atomic E-state index is 0.00574. The molecule has 0 aliphatic heterocycles. The first kappa shape index (κ1) is 32.4. The smallest absolute Gasteiger partial charge is 0.393 e. The molecule has 0 bridgehead atoms. The van der Waals surface area contributed by atoms with Gasteiger partial charge in [-0.3, -0.25) is 9.89 Å². The fourth-order valence-electron chi connectivity index (χ4n) is 4.91. The molecular weight excluding hydrogens is 572 g/mol. The third-order valence-corrected chi connectivity index (χ3v) is 7.08. The topological polar surface area (TPSA) is 71.1 Å². The molecule has 0 unspecified atom stereocenters. The summed E-state index contributed by atoms with van der Waals surface area (Å²) in [7, 11) is 1.79. The number of ether oxygens (including phenoxy) is 1. The Morgan fingerprint density at radius 3 is 2.48 bits per heavy atom. The number of nitrogens with one attached hydrogen (secondary N) is 1. The van der Waals surface area contributed by atoms with E-state index in [1.54, 1.807) is 72.6 Å². The number of H-pyrrole nitrogens is 1. The highest BCUT2D eigenvalue weighted by Crippen LogP contribution is 2.40. The molecular formula is C34H36F4N4O2. The Balaban J connectivity index is 1.49. The van der Waals surface area contributed by atoms with Crippen LogP contribution in [0.25, 0.3) is 22.0 Å². The number of likely N-dealkylation sites (N-methyl/N-ethyl adjacent to an activating group) is 1. The molecule has 2 aromatic heterocycles. The number of aromatic amines is 1. The number of fused-ring (bicyclic) bond motifs is 1. The van der Waals surface area contributed by atoms with Crippen LogP contribution in [-0.2, 0) is 4.79 Å². The summed E-state index contributed by atoms with van der Waals surface area (Å²) in [6.07, 6.45) is 3.62. The fourth-order valence-corrected chi connectivity index (χ4v) is 4.91. The molecule has 0 radical (unpaired) electrons. The summed E-state index contributed by atoms with van der Waals surface area (Å²) in [5, 5.41) is 6.36. The van der Waals surface area contributed by atoms with Crippen molar-refractivity contribution < 1.29 is 27.1 Å². The minimum Gasteiger partial charge on any atom is -0.478 e. The van der Waals surface area contributed by atoms with Gasteiger partial charge in [0.15, 0.2) is 0 Å². The highest BCUT2D eigenvalue weighted by molar-refractivity contribution is 6.00. The number of aromatic nitrogens is 3. The van der Waals surface area contributed by atoms with Crippen molar-refractivity contribution in [3.8, 4) is 5.88 Å². The monoisotopic (exact) mass is 608 g/mol. The van der Waals surface area contributed by atoms with E-state index in [9.17, 15) is 22.4 Å². The molecule has 1 amide bonds. The van der Waals surface area contributed by atoms with Crippen LogP contribution in [0.1, 0.15) is 62.1 Å². The van der Waals surface area contributed by atoms with Crippen molar-refractivity contribution >= 4 is 28.0 Å². The number of alkyl halides is 3. The predicted molar refractivity (Wildman–Crippen MR) is 164 cm³/mol. The number of carbonyl (C=O) groups excluding carboxylic acids is 1. The molecule has 4 aromatic rings. The van der Waals surface area contributed by atoms with Gasteiger partial charge in [-0.25, -0.2) is 4.98 Å². The van der Waals surface area contributed by atoms with Crippen LogP contribution in [0.5, 0.6) is 5.88 Å². The maximum Gasteiger partial charge on any atom is 0.393 e. The van der Waals surface area contributed by atoms with E-state index in [0.717, 1.165) is 38.6 Å². The molecule has 2 aromatic carbocycles. The van der Waals surface area contributed by atoms with Crippen molar-refractivity contribution in [3.05, 3.63) is 102 Å². The normalized spacial score (nSPS) is 12.5. The first-order valence-corrected chi connectivity index (χ1v) is 14.7. The van der Waals surface area contributed by atoms with Crippen LogP contribution in [0.4, 0.5) is 17.6 Å². The highest BCUT2D eigenvalue weighted by atomic mass is 19.4. The molecule has 4 rings (SSSR count). The number of nitrogens with zero attached hydrogens (tertiary/aromatic N) is 3. The van der Waals surface area contributed by atoms with E-state index in [4.69, 9.17) is 4.74 Å². The van der Waals surface area contributed by atoms with Gasteiger partial charge >= 0.3 is 6.18 Å². The molecule has 0 spiro atoms. The van der Waals surface area contributed by atoms with Crippen molar-refractivity contribution in [2.75, 3.05) is 20.2 Å². The van der Waals surface area contributed by atoms with Gasteiger partial charge in [0.2, 0.25) is 17.7 Å². The van der Waals surface area contributed by atoms with Gasteiger partial charge in [-0.2, -0.15) is 22.7 Å². The van der Waals surface area contributed by atoms with E-state index in [0.29, 0.717) is 40.3 Å².